The Bertz CT molecular complexity index is 944. The summed E-state index contributed by atoms with van der Waals surface area (Å²) in [4.78, 5) is 40.0. The normalized spacial score (nSPS) is 14.4. The first-order valence-corrected chi connectivity index (χ1v) is 13.4. The highest BCUT2D eigenvalue weighted by Crippen LogP contribution is 2.27. The second-order valence-electron chi connectivity index (χ2n) is 9.61. The number of aliphatic hydroxyl groups is 1. The maximum Gasteiger partial charge on any atom is 0.246 e. The topological polar surface area (TPSA) is 121 Å². The maximum absolute atomic E-state index is 11.6. The number of likely N-dealkylation sites (tertiary alicyclic amines) is 1. The monoisotopic (exact) mass is 534 g/mol. The van der Waals surface area contributed by atoms with E-state index >= 15 is 0 Å². The van der Waals surface area contributed by atoms with E-state index in [-0.39, 0.29) is 31.1 Å². The van der Waals surface area contributed by atoms with Crippen LogP contribution in [0.25, 0.3) is 10.4 Å². The molecule has 37 heavy (non-hydrogen) atoms. The third-order valence-corrected chi connectivity index (χ3v) is 5.83. The van der Waals surface area contributed by atoms with Gasteiger partial charge in [-0.05, 0) is 44.2 Å². The Balaban J connectivity index is 0.000000324. The number of rotatable bonds is 9. The predicted octanol–water partition coefficient (Wildman–Crippen LogP) is 3.15. The van der Waals surface area contributed by atoms with Gasteiger partial charge in [0.15, 0.2) is 0 Å². The van der Waals surface area contributed by atoms with Crippen LogP contribution >= 0.6 is 11.3 Å². The Morgan fingerprint density at radius 1 is 1.22 bits per heavy atom. The highest BCUT2D eigenvalue weighted by Gasteiger charge is 2.24. The molecule has 0 radical (unpaired) electrons. The third kappa shape index (κ3) is 13.9. The quantitative estimate of drug-likeness (QED) is 0.425. The maximum atomic E-state index is 11.6. The van der Waals surface area contributed by atoms with Gasteiger partial charge in [-0.3, -0.25) is 14.4 Å². The van der Waals surface area contributed by atoms with Gasteiger partial charge in [-0.25, -0.2) is 4.98 Å². The highest BCUT2D eigenvalue weighted by atomic mass is 32.1. The molecule has 3 amide bonds. The van der Waals surface area contributed by atoms with E-state index in [1.807, 2.05) is 38.4 Å². The second kappa shape index (κ2) is 17.6. The fourth-order valence-electron chi connectivity index (χ4n) is 3.06. The average Bonchev–Trinajstić information content (AvgIpc) is 3.48. The number of carbonyl (C=O) groups excluding carboxylic acids is 3. The van der Waals surface area contributed by atoms with Crippen LogP contribution in [0.15, 0.2) is 29.8 Å². The standard InChI is InChI=1S/C12H12N2OS.C11H20N2O4.C4H10/c1-9-12(16-8-14-9)11-4-2-10(3-5-11)6-13-7-15;1-8(2)17-7-10(15)12-5-11(16)13-4-3-9(14)6-13;1-4(2)3/h2-5,7-8H,6H2,1H3,(H,13,15);8-9,14H,3-7H2,1-2H3,(H,12,15);4H,1-3H3. The number of aliphatic hydroxyl groups excluding tert-OH is 1. The van der Waals surface area contributed by atoms with Crippen LogP contribution in [0.4, 0.5) is 0 Å². The van der Waals surface area contributed by atoms with E-state index in [0.717, 1.165) is 17.2 Å². The van der Waals surface area contributed by atoms with E-state index in [1.54, 1.807) is 16.2 Å². The van der Waals surface area contributed by atoms with Crippen LogP contribution < -0.4 is 10.6 Å². The Morgan fingerprint density at radius 2 is 1.86 bits per heavy atom. The number of ether oxygens (including phenoxy) is 1. The number of benzene rings is 1. The van der Waals surface area contributed by atoms with Gasteiger partial charge < -0.3 is 25.4 Å². The summed E-state index contributed by atoms with van der Waals surface area (Å²) in [5.74, 6) is 0.367. The SMILES string of the molecule is CC(C)C.CC(C)OCC(=O)NCC(=O)N1CCC(O)C1.Cc1ncsc1-c1ccc(CNC=O)cc1. The molecular formula is C27H42N4O5S. The molecule has 9 nitrogen and oxygen atoms in total. The Hall–Kier alpha value is -2.82. The van der Waals surface area contributed by atoms with Crippen molar-refractivity contribution in [3.05, 3.63) is 41.0 Å². The third-order valence-electron chi connectivity index (χ3n) is 4.85. The van der Waals surface area contributed by atoms with Crippen LogP contribution in [0.2, 0.25) is 0 Å². The lowest BCUT2D eigenvalue weighted by molar-refractivity contribution is -0.134. The first kappa shape index (κ1) is 32.2. The number of hydrogen-bond donors (Lipinski definition) is 3. The molecule has 1 aromatic heterocycles. The van der Waals surface area contributed by atoms with Crippen LogP contribution in [0.3, 0.4) is 0 Å². The summed E-state index contributed by atoms with van der Waals surface area (Å²) in [6, 6.07) is 8.15. The number of nitrogens with one attached hydrogen (secondary N) is 2. The van der Waals surface area contributed by atoms with Crippen molar-refractivity contribution in [2.45, 2.75) is 66.7 Å². The summed E-state index contributed by atoms with van der Waals surface area (Å²) in [6.07, 6.45) is 0.876. The van der Waals surface area contributed by atoms with E-state index in [1.165, 1.54) is 10.4 Å². The highest BCUT2D eigenvalue weighted by molar-refractivity contribution is 7.13. The van der Waals surface area contributed by atoms with Gasteiger partial charge in [0.1, 0.15) is 6.61 Å². The number of amides is 3. The van der Waals surface area contributed by atoms with Crippen LogP contribution in [0, 0.1) is 12.8 Å². The van der Waals surface area contributed by atoms with Crippen molar-refractivity contribution < 1.29 is 24.2 Å². The molecule has 0 bridgehead atoms. The number of β-amino-alcohol motifs (C(OH)–C–C–N with tert-alkyl or cyclic N) is 1. The van der Waals surface area contributed by atoms with Crippen molar-refractivity contribution in [1.29, 1.82) is 0 Å². The number of aryl methyl sites for hydroxylation is 1. The minimum Gasteiger partial charge on any atom is -0.391 e. The molecule has 1 unspecified atom stereocenters. The van der Waals surface area contributed by atoms with Gasteiger partial charge in [0.05, 0.1) is 34.8 Å². The van der Waals surface area contributed by atoms with Crippen molar-refractivity contribution in [2.75, 3.05) is 26.2 Å². The zero-order valence-corrected chi connectivity index (χ0v) is 23.6. The van der Waals surface area contributed by atoms with E-state index in [9.17, 15) is 19.5 Å². The first-order chi connectivity index (χ1) is 17.5. The largest absolute Gasteiger partial charge is 0.391 e. The molecule has 2 aromatic rings. The molecule has 1 fully saturated rings. The number of aromatic nitrogens is 1. The summed E-state index contributed by atoms with van der Waals surface area (Å²) in [5.41, 5.74) is 5.18. The molecule has 1 aliphatic rings. The van der Waals surface area contributed by atoms with Gasteiger partial charge in [0.2, 0.25) is 18.2 Å². The molecule has 0 saturated carbocycles. The van der Waals surface area contributed by atoms with Gasteiger partial charge in [0, 0.05) is 19.6 Å². The minimum absolute atomic E-state index is 0.00909. The van der Waals surface area contributed by atoms with E-state index in [0.29, 0.717) is 32.5 Å². The summed E-state index contributed by atoms with van der Waals surface area (Å²) in [7, 11) is 0. The summed E-state index contributed by atoms with van der Waals surface area (Å²) >= 11 is 1.64. The molecular weight excluding hydrogens is 492 g/mol. The Morgan fingerprint density at radius 3 is 2.35 bits per heavy atom. The minimum atomic E-state index is -0.432. The molecule has 3 N–H and O–H groups in total. The van der Waals surface area contributed by atoms with Gasteiger partial charge in [-0.1, -0.05) is 45.0 Å². The lowest BCUT2D eigenvalue weighted by Gasteiger charge is -2.16. The van der Waals surface area contributed by atoms with Gasteiger partial charge in [-0.15, -0.1) is 11.3 Å². The number of nitrogens with zero attached hydrogens (tertiary/aromatic N) is 2. The van der Waals surface area contributed by atoms with Crippen LogP contribution in [-0.4, -0.2) is 71.7 Å². The zero-order valence-electron chi connectivity index (χ0n) is 22.8. The molecule has 1 saturated heterocycles. The van der Waals surface area contributed by atoms with Crippen molar-refractivity contribution >= 4 is 29.6 Å². The lowest BCUT2D eigenvalue weighted by Crippen LogP contribution is -2.40. The smallest absolute Gasteiger partial charge is 0.246 e. The fraction of sp³-hybridized carbons (Fsp3) is 0.556. The molecule has 0 aliphatic carbocycles. The summed E-state index contributed by atoms with van der Waals surface area (Å²) < 4.78 is 5.10. The molecule has 0 spiro atoms. The number of carbonyl (C=O) groups is 3. The Labute approximate surface area is 224 Å². The average molecular weight is 535 g/mol. The van der Waals surface area contributed by atoms with Crippen LogP contribution in [0.5, 0.6) is 0 Å². The summed E-state index contributed by atoms with van der Waals surface area (Å²) in [6.45, 7) is 13.6. The van der Waals surface area contributed by atoms with E-state index in [2.05, 4.69) is 48.5 Å². The lowest BCUT2D eigenvalue weighted by atomic mass is 10.1. The molecule has 10 heteroatoms. The van der Waals surface area contributed by atoms with Gasteiger partial charge in [0.25, 0.3) is 0 Å². The predicted molar refractivity (Wildman–Crippen MR) is 147 cm³/mol. The van der Waals surface area contributed by atoms with Gasteiger partial charge in [-0.2, -0.15) is 0 Å². The second-order valence-corrected chi connectivity index (χ2v) is 10.5. The summed E-state index contributed by atoms with van der Waals surface area (Å²) in [5, 5.41) is 14.4. The van der Waals surface area contributed by atoms with Crippen molar-refractivity contribution in [1.82, 2.24) is 20.5 Å². The molecule has 2 heterocycles. The van der Waals surface area contributed by atoms with Crippen LogP contribution in [-0.2, 0) is 25.7 Å². The first-order valence-electron chi connectivity index (χ1n) is 12.5. The van der Waals surface area contributed by atoms with Crippen molar-refractivity contribution in [3.8, 4) is 10.4 Å². The molecule has 3 rings (SSSR count). The zero-order chi connectivity index (χ0) is 27.8. The molecule has 1 aliphatic heterocycles. The van der Waals surface area contributed by atoms with Crippen molar-refractivity contribution in [2.24, 2.45) is 5.92 Å². The number of thiazole rings is 1. The Kier molecular flexibility index (Phi) is 15.3. The fourth-order valence-corrected chi connectivity index (χ4v) is 3.87. The molecule has 1 atom stereocenters. The molecule has 206 valence electrons. The van der Waals surface area contributed by atoms with Crippen molar-refractivity contribution in [3.63, 3.8) is 0 Å². The number of hydrogen-bond acceptors (Lipinski definition) is 7. The van der Waals surface area contributed by atoms with E-state index < -0.39 is 6.10 Å². The van der Waals surface area contributed by atoms with Gasteiger partial charge >= 0.3 is 0 Å². The van der Waals surface area contributed by atoms with E-state index in [4.69, 9.17) is 4.74 Å². The van der Waals surface area contributed by atoms with Crippen LogP contribution in [0.1, 0.15) is 52.3 Å². The molecule has 1 aromatic carbocycles.